The minimum Gasteiger partial charge on any atom is -0.341 e. The Bertz CT molecular complexity index is 719. The number of carbonyl (C=O) groups is 1. The van der Waals surface area contributed by atoms with E-state index in [-0.39, 0.29) is 5.91 Å². The van der Waals surface area contributed by atoms with Gasteiger partial charge in [-0.05, 0) is 65.7 Å². The molecule has 118 valence electrons. The number of nitrogens with one attached hydrogen (secondary N) is 1. The molecule has 0 saturated carbocycles. The Kier molecular flexibility index (Phi) is 5.51. The fourth-order valence-electron chi connectivity index (χ4n) is 2.48. The number of hydrogen-bond acceptors (Lipinski definition) is 3. The highest BCUT2D eigenvalue weighted by Gasteiger charge is 2.29. The van der Waals surface area contributed by atoms with Gasteiger partial charge in [0.15, 0.2) is 0 Å². The van der Waals surface area contributed by atoms with E-state index in [1.54, 1.807) is 30.5 Å². The van der Waals surface area contributed by atoms with Crippen molar-refractivity contribution in [2.75, 3.05) is 0 Å². The van der Waals surface area contributed by atoms with Crippen LogP contribution in [0.5, 0.6) is 0 Å². The number of benzene rings is 1. The first-order valence-corrected chi connectivity index (χ1v) is 8.22. The average molecular weight is 372 g/mol. The second-order valence-electron chi connectivity index (χ2n) is 5.59. The molecule has 1 unspecified atom stereocenters. The molecule has 0 radical (unpaired) electrons. The molecule has 1 aromatic carbocycles. The molecule has 0 aliphatic carbocycles. The van der Waals surface area contributed by atoms with E-state index >= 15 is 0 Å². The molecule has 0 bridgehead atoms. The fraction of sp³-hybridized carbons (Fsp3) is 0.278. The number of halogens is 1. The lowest BCUT2D eigenvalue weighted by Crippen LogP contribution is -2.44. The van der Waals surface area contributed by atoms with Gasteiger partial charge in [0.25, 0.3) is 5.91 Å². The molecule has 0 fully saturated rings. The van der Waals surface area contributed by atoms with E-state index in [2.05, 4.69) is 33.2 Å². The summed E-state index contributed by atoms with van der Waals surface area (Å²) < 4.78 is 0.901. The summed E-state index contributed by atoms with van der Waals surface area (Å²) in [5, 5.41) is 11.9. The number of rotatable bonds is 5. The largest absolute Gasteiger partial charge is 0.341 e. The van der Waals surface area contributed by atoms with Gasteiger partial charge in [-0.3, -0.25) is 9.78 Å². The monoisotopic (exact) mass is 371 g/mol. The fourth-order valence-corrected chi connectivity index (χ4v) is 2.71. The summed E-state index contributed by atoms with van der Waals surface area (Å²) in [5.41, 5.74) is 1.35. The van der Waals surface area contributed by atoms with Crippen molar-refractivity contribution >= 4 is 21.8 Å². The molecule has 1 N–H and O–H groups in total. The second-order valence-corrected chi connectivity index (χ2v) is 6.50. The van der Waals surface area contributed by atoms with Crippen molar-refractivity contribution in [1.29, 1.82) is 5.26 Å². The molecule has 1 atom stereocenters. The summed E-state index contributed by atoms with van der Waals surface area (Å²) in [6.07, 6.45) is 3.43. The van der Waals surface area contributed by atoms with Gasteiger partial charge >= 0.3 is 0 Å². The third-order valence-electron chi connectivity index (χ3n) is 3.71. The summed E-state index contributed by atoms with van der Waals surface area (Å²) in [5.74, 6) is -0.171. The molecule has 0 spiro atoms. The van der Waals surface area contributed by atoms with E-state index in [1.807, 2.05) is 25.1 Å². The van der Waals surface area contributed by atoms with E-state index in [0.717, 1.165) is 23.0 Å². The van der Waals surface area contributed by atoms with E-state index in [0.29, 0.717) is 11.1 Å². The molecule has 0 aliphatic rings. The Morgan fingerprint density at radius 3 is 2.52 bits per heavy atom. The van der Waals surface area contributed by atoms with E-state index in [9.17, 15) is 4.79 Å². The number of carbonyl (C=O) groups excluding carboxylic acids is 1. The van der Waals surface area contributed by atoms with Gasteiger partial charge in [-0.15, -0.1) is 0 Å². The van der Waals surface area contributed by atoms with Crippen molar-refractivity contribution in [3.63, 3.8) is 0 Å². The molecular weight excluding hydrogens is 354 g/mol. The van der Waals surface area contributed by atoms with Crippen LogP contribution in [0.1, 0.15) is 48.3 Å². The molecule has 2 aromatic rings. The topological polar surface area (TPSA) is 65.8 Å². The Balaban J connectivity index is 2.25. The van der Waals surface area contributed by atoms with Gasteiger partial charge in [0, 0.05) is 16.2 Å². The van der Waals surface area contributed by atoms with Gasteiger partial charge < -0.3 is 5.32 Å². The molecule has 2 rings (SSSR count). The first-order chi connectivity index (χ1) is 11.0. The molecule has 23 heavy (non-hydrogen) atoms. The molecule has 0 saturated heterocycles. The first-order valence-electron chi connectivity index (χ1n) is 7.43. The summed E-state index contributed by atoms with van der Waals surface area (Å²) in [7, 11) is 0. The van der Waals surface area contributed by atoms with Crippen LogP contribution in [0.15, 0.2) is 47.1 Å². The Morgan fingerprint density at radius 2 is 2.00 bits per heavy atom. The molecule has 1 heterocycles. The first kappa shape index (κ1) is 17.2. The van der Waals surface area contributed by atoms with Gasteiger partial charge in [-0.1, -0.05) is 13.3 Å². The van der Waals surface area contributed by atoms with Crippen molar-refractivity contribution in [1.82, 2.24) is 10.3 Å². The van der Waals surface area contributed by atoms with E-state index in [4.69, 9.17) is 5.26 Å². The summed E-state index contributed by atoms with van der Waals surface area (Å²) >= 11 is 3.38. The van der Waals surface area contributed by atoms with Gasteiger partial charge in [0.2, 0.25) is 0 Å². The van der Waals surface area contributed by atoms with Crippen LogP contribution >= 0.6 is 15.9 Å². The predicted molar refractivity (Wildman–Crippen MR) is 92.8 cm³/mol. The molecule has 1 amide bonds. The van der Waals surface area contributed by atoms with Crippen LogP contribution in [-0.4, -0.2) is 10.9 Å². The smallest absolute Gasteiger partial charge is 0.252 e. The highest BCUT2D eigenvalue weighted by atomic mass is 79.9. The number of nitriles is 1. The second kappa shape index (κ2) is 7.38. The Morgan fingerprint density at radius 1 is 1.30 bits per heavy atom. The lowest BCUT2D eigenvalue weighted by Gasteiger charge is -2.30. The normalized spacial score (nSPS) is 13.0. The molecule has 0 aliphatic heterocycles. The van der Waals surface area contributed by atoms with Crippen LogP contribution in [0.25, 0.3) is 0 Å². The average Bonchev–Trinajstić information content (AvgIpc) is 2.55. The lowest BCUT2D eigenvalue weighted by molar-refractivity contribution is 0.0897. The summed E-state index contributed by atoms with van der Waals surface area (Å²) in [6.45, 7) is 4.05. The highest BCUT2D eigenvalue weighted by molar-refractivity contribution is 9.10. The SMILES string of the molecule is CCCC(C)(NC(=O)c1ccc(C#N)cc1)c1ccc(Br)cn1. The number of amides is 1. The summed E-state index contributed by atoms with van der Waals surface area (Å²) in [4.78, 5) is 17.0. The van der Waals surface area contributed by atoms with Gasteiger partial charge in [-0.2, -0.15) is 5.26 Å². The zero-order valence-electron chi connectivity index (χ0n) is 13.1. The highest BCUT2D eigenvalue weighted by Crippen LogP contribution is 2.26. The van der Waals surface area contributed by atoms with Crippen molar-refractivity contribution in [2.24, 2.45) is 0 Å². The van der Waals surface area contributed by atoms with Gasteiger partial charge in [0.1, 0.15) is 0 Å². The van der Waals surface area contributed by atoms with Crippen LogP contribution in [-0.2, 0) is 5.54 Å². The number of aromatic nitrogens is 1. The van der Waals surface area contributed by atoms with Crippen molar-refractivity contribution in [3.05, 3.63) is 63.9 Å². The third-order valence-corrected chi connectivity index (χ3v) is 4.18. The van der Waals surface area contributed by atoms with E-state index in [1.165, 1.54) is 0 Å². The van der Waals surface area contributed by atoms with Crippen LogP contribution in [0, 0.1) is 11.3 Å². The quantitative estimate of drug-likeness (QED) is 0.857. The maximum absolute atomic E-state index is 12.5. The summed E-state index contributed by atoms with van der Waals surface area (Å²) in [6, 6.07) is 12.5. The van der Waals surface area contributed by atoms with E-state index < -0.39 is 5.54 Å². The minimum atomic E-state index is -0.541. The standard InChI is InChI=1S/C18H18BrN3O/c1-3-10-18(2,16-9-8-15(19)12-21-16)22-17(23)14-6-4-13(11-20)5-7-14/h4-9,12H,3,10H2,1-2H3,(H,22,23). The van der Waals surface area contributed by atoms with Crippen LogP contribution < -0.4 is 5.32 Å². The number of hydrogen-bond donors (Lipinski definition) is 1. The zero-order chi connectivity index (χ0) is 16.9. The van der Waals surface area contributed by atoms with Crippen LogP contribution in [0.2, 0.25) is 0 Å². The number of nitrogens with zero attached hydrogens (tertiary/aromatic N) is 2. The van der Waals surface area contributed by atoms with Crippen molar-refractivity contribution in [2.45, 2.75) is 32.2 Å². The maximum atomic E-state index is 12.5. The molecule has 4 nitrogen and oxygen atoms in total. The Hall–Kier alpha value is -2.19. The third kappa shape index (κ3) is 4.17. The Labute approximate surface area is 144 Å². The lowest BCUT2D eigenvalue weighted by atomic mass is 9.91. The van der Waals surface area contributed by atoms with Crippen LogP contribution in [0.3, 0.4) is 0 Å². The minimum absolute atomic E-state index is 0.171. The van der Waals surface area contributed by atoms with Crippen LogP contribution in [0.4, 0.5) is 0 Å². The maximum Gasteiger partial charge on any atom is 0.252 e. The molecule has 5 heteroatoms. The van der Waals surface area contributed by atoms with Crippen molar-refractivity contribution in [3.8, 4) is 6.07 Å². The van der Waals surface area contributed by atoms with Gasteiger partial charge in [0.05, 0.1) is 22.9 Å². The number of pyridine rings is 1. The molecular formula is C18H18BrN3O. The van der Waals surface area contributed by atoms with Gasteiger partial charge in [-0.25, -0.2) is 0 Å². The predicted octanol–water partition coefficient (Wildman–Crippen LogP) is 4.16. The molecule has 1 aromatic heterocycles. The van der Waals surface area contributed by atoms with Crippen molar-refractivity contribution < 1.29 is 4.79 Å². The zero-order valence-corrected chi connectivity index (χ0v) is 14.7.